The fourth-order valence-corrected chi connectivity index (χ4v) is 1.88. The quantitative estimate of drug-likeness (QED) is 0.359. The van der Waals surface area contributed by atoms with Crippen LogP contribution in [0, 0.1) is 5.41 Å². The molecule has 0 aromatic heterocycles. The van der Waals surface area contributed by atoms with Gasteiger partial charge in [0.2, 0.25) is 0 Å². The standard InChI is InChI=1S/C12H26O3S3/c1-2-12(9-13-3-6-16,10-14-4-7-17)11-15-5-8-18/h16-18H,2-11H2,1H3. The highest BCUT2D eigenvalue weighted by Crippen LogP contribution is 2.24. The minimum atomic E-state index is -0.0746. The van der Waals surface area contributed by atoms with E-state index in [1.807, 2.05) is 0 Å². The maximum Gasteiger partial charge on any atom is 0.0567 e. The Morgan fingerprint density at radius 1 is 0.722 bits per heavy atom. The summed E-state index contributed by atoms with van der Waals surface area (Å²) in [5.74, 6) is 2.19. The molecule has 0 N–H and O–H groups in total. The van der Waals surface area contributed by atoms with Crippen LogP contribution in [-0.2, 0) is 14.2 Å². The lowest BCUT2D eigenvalue weighted by molar-refractivity contribution is -0.0645. The third kappa shape index (κ3) is 8.93. The molecule has 0 unspecified atom stereocenters. The highest BCUT2D eigenvalue weighted by molar-refractivity contribution is 7.80. The molecule has 18 heavy (non-hydrogen) atoms. The maximum absolute atomic E-state index is 5.63. The summed E-state index contributed by atoms with van der Waals surface area (Å²) in [5.41, 5.74) is -0.0746. The van der Waals surface area contributed by atoms with Crippen LogP contribution in [0.25, 0.3) is 0 Å². The molecule has 0 saturated carbocycles. The van der Waals surface area contributed by atoms with E-state index in [1.54, 1.807) is 0 Å². The molecule has 0 aliphatic heterocycles. The van der Waals surface area contributed by atoms with Crippen molar-refractivity contribution in [3.05, 3.63) is 0 Å². The van der Waals surface area contributed by atoms with E-state index >= 15 is 0 Å². The molecule has 0 saturated heterocycles. The first kappa shape index (κ1) is 18.9. The molecule has 0 bridgehead atoms. The lowest BCUT2D eigenvalue weighted by Crippen LogP contribution is -2.37. The molecule has 0 rings (SSSR count). The van der Waals surface area contributed by atoms with Crippen molar-refractivity contribution >= 4 is 37.9 Å². The van der Waals surface area contributed by atoms with Crippen molar-refractivity contribution in [2.24, 2.45) is 5.41 Å². The van der Waals surface area contributed by atoms with Gasteiger partial charge in [0.05, 0.1) is 39.6 Å². The second kappa shape index (κ2) is 12.9. The van der Waals surface area contributed by atoms with Crippen LogP contribution in [0.3, 0.4) is 0 Å². The van der Waals surface area contributed by atoms with Gasteiger partial charge in [0.25, 0.3) is 0 Å². The van der Waals surface area contributed by atoms with Crippen molar-refractivity contribution in [1.82, 2.24) is 0 Å². The summed E-state index contributed by atoms with van der Waals surface area (Å²) in [6, 6.07) is 0. The summed E-state index contributed by atoms with van der Waals surface area (Å²) < 4.78 is 16.9. The van der Waals surface area contributed by atoms with E-state index in [-0.39, 0.29) is 5.41 Å². The molecule has 0 aliphatic rings. The van der Waals surface area contributed by atoms with Crippen molar-refractivity contribution in [3.63, 3.8) is 0 Å². The van der Waals surface area contributed by atoms with Gasteiger partial charge in [-0.05, 0) is 6.42 Å². The van der Waals surface area contributed by atoms with Gasteiger partial charge in [-0.25, -0.2) is 0 Å². The van der Waals surface area contributed by atoms with Crippen LogP contribution in [0.4, 0.5) is 0 Å². The van der Waals surface area contributed by atoms with E-state index in [4.69, 9.17) is 14.2 Å². The first-order valence-electron chi connectivity index (χ1n) is 6.30. The average molecular weight is 315 g/mol. The first-order valence-corrected chi connectivity index (χ1v) is 8.20. The fourth-order valence-electron chi connectivity index (χ4n) is 1.49. The molecule has 0 aromatic rings. The minimum absolute atomic E-state index is 0.0746. The summed E-state index contributed by atoms with van der Waals surface area (Å²) in [6.45, 7) is 6.03. The van der Waals surface area contributed by atoms with Crippen molar-refractivity contribution in [3.8, 4) is 0 Å². The van der Waals surface area contributed by atoms with Crippen LogP contribution >= 0.6 is 37.9 Å². The molecule has 0 aromatic carbocycles. The lowest BCUT2D eigenvalue weighted by Gasteiger charge is -2.32. The molecular weight excluding hydrogens is 288 g/mol. The molecule has 0 atom stereocenters. The Bertz CT molecular complexity index is 155. The predicted molar refractivity (Wildman–Crippen MR) is 86.7 cm³/mol. The molecule has 0 amide bonds. The molecule has 110 valence electrons. The number of rotatable bonds is 13. The van der Waals surface area contributed by atoms with Crippen LogP contribution in [0.2, 0.25) is 0 Å². The van der Waals surface area contributed by atoms with Gasteiger partial charge in [0.15, 0.2) is 0 Å². The van der Waals surface area contributed by atoms with Crippen LogP contribution in [0.1, 0.15) is 13.3 Å². The Labute approximate surface area is 128 Å². The second-order valence-corrected chi connectivity index (χ2v) is 5.52. The summed E-state index contributed by atoms with van der Waals surface area (Å²) >= 11 is 12.4. The Kier molecular flexibility index (Phi) is 13.6. The lowest BCUT2D eigenvalue weighted by atomic mass is 9.88. The normalized spacial score (nSPS) is 12.0. The Hall–Kier alpha value is 0.930. The van der Waals surface area contributed by atoms with E-state index in [1.165, 1.54) is 0 Å². The Balaban J connectivity index is 4.20. The maximum atomic E-state index is 5.63. The van der Waals surface area contributed by atoms with Crippen LogP contribution in [0.15, 0.2) is 0 Å². The van der Waals surface area contributed by atoms with E-state index < -0.39 is 0 Å². The van der Waals surface area contributed by atoms with E-state index in [9.17, 15) is 0 Å². The molecule has 0 spiro atoms. The average Bonchev–Trinajstić information content (AvgIpc) is 2.39. The molecule has 0 radical (unpaired) electrons. The largest absolute Gasteiger partial charge is 0.380 e. The SMILES string of the molecule is CCC(COCCS)(COCCS)COCCS. The summed E-state index contributed by atoms with van der Waals surface area (Å²) in [7, 11) is 0. The van der Waals surface area contributed by atoms with Crippen LogP contribution < -0.4 is 0 Å². The summed E-state index contributed by atoms with van der Waals surface area (Å²) in [5, 5.41) is 0. The van der Waals surface area contributed by atoms with Crippen LogP contribution in [-0.4, -0.2) is 56.9 Å². The van der Waals surface area contributed by atoms with Crippen LogP contribution in [0.5, 0.6) is 0 Å². The molecule has 3 nitrogen and oxygen atoms in total. The summed E-state index contributed by atoms with van der Waals surface area (Å²) in [4.78, 5) is 0. The zero-order chi connectivity index (χ0) is 13.7. The van der Waals surface area contributed by atoms with Gasteiger partial charge in [-0.3, -0.25) is 0 Å². The number of ether oxygens (including phenoxy) is 3. The zero-order valence-electron chi connectivity index (χ0n) is 11.1. The smallest absolute Gasteiger partial charge is 0.0567 e. The van der Waals surface area contributed by atoms with E-state index in [0.717, 1.165) is 23.7 Å². The van der Waals surface area contributed by atoms with Gasteiger partial charge < -0.3 is 14.2 Å². The van der Waals surface area contributed by atoms with Crippen molar-refractivity contribution in [2.75, 3.05) is 56.9 Å². The molecule has 6 heteroatoms. The van der Waals surface area contributed by atoms with Crippen molar-refractivity contribution in [1.29, 1.82) is 0 Å². The fraction of sp³-hybridized carbons (Fsp3) is 1.00. The first-order chi connectivity index (χ1) is 8.74. The van der Waals surface area contributed by atoms with E-state index in [0.29, 0.717) is 39.6 Å². The zero-order valence-corrected chi connectivity index (χ0v) is 13.8. The number of thiol groups is 3. The third-order valence-corrected chi connectivity index (χ3v) is 3.23. The molecule has 0 heterocycles. The van der Waals surface area contributed by atoms with Gasteiger partial charge in [0, 0.05) is 22.7 Å². The van der Waals surface area contributed by atoms with Gasteiger partial charge >= 0.3 is 0 Å². The third-order valence-electron chi connectivity index (χ3n) is 2.68. The van der Waals surface area contributed by atoms with Gasteiger partial charge in [-0.1, -0.05) is 6.92 Å². The highest BCUT2D eigenvalue weighted by Gasteiger charge is 2.29. The number of hydrogen-bond donors (Lipinski definition) is 3. The highest BCUT2D eigenvalue weighted by atomic mass is 32.1. The van der Waals surface area contributed by atoms with Gasteiger partial charge in [-0.15, -0.1) is 0 Å². The minimum Gasteiger partial charge on any atom is -0.380 e. The monoisotopic (exact) mass is 314 g/mol. The Morgan fingerprint density at radius 3 is 1.28 bits per heavy atom. The Morgan fingerprint density at radius 2 is 1.06 bits per heavy atom. The molecule has 0 fully saturated rings. The predicted octanol–water partition coefficient (Wildman–Crippen LogP) is 2.22. The van der Waals surface area contributed by atoms with Gasteiger partial charge in [-0.2, -0.15) is 37.9 Å². The topological polar surface area (TPSA) is 27.7 Å². The van der Waals surface area contributed by atoms with E-state index in [2.05, 4.69) is 44.8 Å². The summed E-state index contributed by atoms with van der Waals surface area (Å²) in [6.07, 6.45) is 0.957. The van der Waals surface area contributed by atoms with Crippen molar-refractivity contribution in [2.45, 2.75) is 13.3 Å². The molecule has 0 aliphatic carbocycles. The van der Waals surface area contributed by atoms with Gasteiger partial charge in [0.1, 0.15) is 0 Å². The molecular formula is C12H26O3S3. The van der Waals surface area contributed by atoms with Crippen molar-refractivity contribution < 1.29 is 14.2 Å². The number of hydrogen-bond acceptors (Lipinski definition) is 6. The second-order valence-electron chi connectivity index (χ2n) is 4.18.